The van der Waals surface area contributed by atoms with Crippen molar-refractivity contribution in [2.45, 2.75) is 111 Å². The van der Waals surface area contributed by atoms with Gasteiger partial charge in [0.2, 0.25) is 0 Å². The maximum Gasteiger partial charge on any atom is 0.407 e. The minimum Gasteiger partial charge on any atom is -0.444 e. The summed E-state index contributed by atoms with van der Waals surface area (Å²) in [5.41, 5.74) is 2.19. The van der Waals surface area contributed by atoms with E-state index in [1.807, 2.05) is 19.9 Å². The summed E-state index contributed by atoms with van der Waals surface area (Å²) in [6.07, 6.45) is 0.325. The summed E-state index contributed by atoms with van der Waals surface area (Å²) in [5.74, 6) is 0.221. The predicted octanol–water partition coefficient (Wildman–Crippen LogP) is 6.81. The van der Waals surface area contributed by atoms with Crippen molar-refractivity contribution in [3.8, 4) is 5.75 Å². The van der Waals surface area contributed by atoms with Gasteiger partial charge < -0.3 is 19.2 Å². The normalized spacial score (nSPS) is 12.9. The van der Waals surface area contributed by atoms with Crippen molar-refractivity contribution in [2.75, 3.05) is 13.2 Å². The van der Waals surface area contributed by atoms with Crippen LogP contribution in [0.5, 0.6) is 5.75 Å². The van der Waals surface area contributed by atoms with Gasteiger partial charge in [0.15, 0.2) is 8.32 Å². The van der Waals surface area contributed by atoms with Crippen molar-refractivity contribution in [3.05, 3.63) is 28.8 Å². The van der Waals surface area contributed by atoms with E-state index in [2.05, 4.69) is 59.1 Å². The van der Waals surface area contributed by atoms with Gasteiger partial charge in [-0.15, -0.1) is 0 Å². The monoisotopic (exact) mass is 493 g/mol. The number of rotatable bonds is 9. The maximum absolute atomic E-state index is 12.6. The van der Waals surface area contributed by atoms with Crippen molar-refractivity contribution in [2.24, 2.45) is 0 Å². The van der Waals surface area contributed by atoms with Crippen molar-refractivity contribution < 1.29 is 23.5 Å². The van der Waals surface area contributed by atoms with Gasteiger partial charge >= 0.3 is 12.1 Å². The molecule has 194 valence electrons. The summed E-state index contributed by atoms with van der Waals surface area (Å²) in [7, 11) is -1.84. The molecule has 0 aliphatic rings. The molecule has 0 radical (unpaired) electrons. The van der Waals surface area contributed by atoms with Crippen LogP contribution in [0.25, 0.3) is 0 Å². The molecule has 0 heterocycles. The van der Waals surface area contributed by atoms with Gasteiger partial charge in [0, 0.05) is 18.7 Å². The lowest BCUT2D eigenvalue weighted by atomic mass is 9.78. The van der Waals surface area contributed by atoms with Crippen molar-refractivity contribution in [3.63, 3.8) is 0 Å². The Labute approximate surface area is 208 Å². The molecule has 1 amide bonds. The molecule has 0 spiro atoms. The van der Waals surface area contributed by atoms with E-state index in [9.17, 15) is 9.59 Å². The van der Waals surface area contributed by atoms with E-state index in [4.69, 9.17) is 13.9 Å². The first-order chi connectivity index (χ1) is 15.3. The van der Waals surface area contributed by atoms with Crippen LogP contribution in [-0.2, 0) is 19.4 Å². The van der Waals surface area contributed by atoms with Crippen LogP contribution in [0, 0.1) is 13.8 Å². The van der Waals surface area contributed by atoms with E-state index in [1.54, 1.807) is 20.8 Å². The predicted molar refractivity (Wildman–Crippen MR) is 141 cm³/mol. The SMILES string of the molecule is Cc1ccc(C)c(C(C)(C)CCO[Si](C)(C)C(C)(C)C)c1OC(=O)CCNC(=O)OC(C)(C)C. The zero-order chi connectivity index (χ0) is 26.5. The number of carbonyl (C=O) groups is 2. The zero-order valence-electron chi connectivity index (χ0n) is 23.5. The van der Waals surface area contributed by atoms with Crippen LogP contribution in [0.2, 0.25) is 18.1 Å². The molecule has 0 saturated carbocycles. The zero-order valence-corrected chi connectivity index (χ0v) is 24.5. The molecule has 1 rings (SSSR count). The number of benzene rings is 1. The molecule has 0 bridgehead atoms. The van der Waals surface area contributed by atoms with Crippen LogP contribution in [0.15, 0.2) is 12.1 Å². The Morgan fingerprint density at radius 1 is 0.941 bits per heavy atom. The van der Waals surface area contributed by atoms with E-state index in [-0.39, 0.29) is 29.4 Å². The fourth-order valence-corrected chi connectivity index (χ4v) is 4.45. The van der Waals surface area contributed by atoms with Crippen molar-refractivity contribution >= 4 is 20.4 Å². The van der Waals surface area contributed by atoms with Gasteiger partial charge in [-0.1, -0.05) is 46.8 Å². The maximum atomic E-state index is 12.6. The molecule has 0 unspecified atom stereocenters. The Morgan fingerprint density at radius 3 is 2.03 bits per heavy atom. The molecule has 0 atom stereocenters. The van der Waals surface area contributed by atoms with Gasteiger partial charge in [-0.05, 0) is 75.7 Å². The Bertz CT molecular complexity index is 863. The number of carbonyl (C=O) groups excluding carboxylic acids is 2. The van der Waals surface area contributed by atoms with E-state index in [0.29, 0.717) is 12.4 Å². The fourth-order valence-electron chi connectivity index (χ4n) is 3.41. The highest BCUT2D eigenvalue weighted by Crippen LogP contribution is 2.41. The number of alkyl carbamates (subject to hydrolysis) is 1. The lowest BCUT2D eigenvalue weighted by Crippen LogP contribution is -2.41. The molecule has 7 heteroatoms. The van der Waals surface area contributed by atoms with Gasteiger partial charge in [-0.3, -0.25) is 4.79 Å². The molecule has 1 N–H and O–H groups in total. The summed E-state index contributed by atoms with van der Waals surface area (Å²) in [4.78, 5) is 24.5. The summed E-state index contributed by atoms with van der Waals surface area (Å²) < 4.78 is 17.5. The molecule has 0 fully saturated rings. The number of amides is 1. The molecule has 6 nitrogen and oxygen atoms in total. The van der Waals surface area contributed by atoms with Crippen LogP contribution in [0.1, 0.15) is 84.9 Å². The van der Waals surface area contributed by atoms with Gasteiger partial charge in [-0.2, -0.15) is 0 Å². The lowest BCUT2D eigenvalue weighted by molar-refractivity contribution is -0.134. The Balaban J connectivity index is 2.92. The van der Waals surface area contributed by atoms with Gasteiger partial charge in [0.1, 0.15) is 11.4 Å². The van der Waals surface area contributed by atoms with Crippen LogP contribution in [0.4, 0.5) is 4.79 Å². The molecular formula is C27H47NO5Si. The number of ether oxygens (including phenoxy) is 2. The quantitative estimate of drug-likeness (QED) is 0.232. The smallest absolute Gasteiger partial charge is 0.407 e. The highest BCUT2D eigenvalue weighted by molar-refractivity contribution is 6.74. The molecule has 34 heavy (non-hydrogen) atoms. The van der Waals surface area contributed by atoms with Gasteiger partial charge in [0.05, 0.1) is 6.42 Å². The fraction of sp³-hybridized carbons (Fsp3) is 0.704. The second kappa shape index (κ2) is 11.3. The van der Waals surface area contributed by atoms with Gasteiger partial charge in [-0.25, -0.2) is 4.79 Å². The number of esters is 1. The third-order valence-electron chi connectivity index (χ3n) is 6.45. The first-order valence-corrected chi connectivity index (χ1v) is 15.1. The van der Waals surface area contributed by atoms with Crippen LogP contribution >= 0.6 is 0 Å². The van der Waals surface area contributed by atoms with Gasteiger partial charge in [0.25, 0.3) is 0 Å². The summed E-state index contributed by atoms with van der Waals surface area (Å²) >= 11 is 0. The first kappa shape index (κ1) is 30.2. The summed E-state index contributed by atoms with van der Waals surface area (Å²) in [6, 6.07) is 4.05. The minimum atomic E-state index is -1.84. The molecular weight excluding hydrogens is 446 g/mol. The van der Waals surface area contributed by atoms with E-state index in [0.717, 1.165) is 23.1 Å². The molecule has 0 aliphatic carbocycles. The third-order valence-corrected chi connectivity index (χ3v) is 11.0. The molecule has 1 aromatic rings. The highest BCUT2D eigenvalue weighted by atomic mass is 28.4. The van der Waals surface area contributed by atoms with E-state index < -0.39 is 20.0 Å². The Morgan fingerprint density at radius 2 is 1.50 bits per heavy atom. The average molecular weight is 494 g/mol. The van der Waals surface area contributed by atoms with E-state index >= 15 is 0 Å². The molecule has 0 saturated heterocycles. The Kier molecular flexibility index (Phi) is 9.98. The summed E-state index contributed by atoms with van der Waals surface area (Å²) in [5, 5.41) is 2.76. The van der Waals surface area contributed by atoms with E-state index in [1.165, 1.54) is 0 Å². The standard InChI is InChI=1S/C27H47NO5Si/c1-19-13-14-20(2)23(32-21(29)15-17-28-24(30)33-25(3,4)5)22(19)27(9,10)16-18-31-34(11,12)26(6,7)8/h13-14H,15-18H2,1-12H3,(H,28,30). The largest absolute Gasteiger partial charge is 0.444 e. The third kappa shape index (κ3) is 9.06. The summed E-state index contributed by atoms with van der Waals surface area (Å²) in [6.45, 7) is 25.8. The van der Waals surface area contributed by atoms with Crippen LogP contribution in [-0.4, -0.2) is 39.1 Å². The molecule has 0 aromatic heterocycles. The average Bonchev–Trinajstić information content (AvgIpc) is 2.61. The highest BCUT2D eigenvalue weighted by Gasteiger charge is 2.38. The van der Waals surface area contributed by atoms with Crippen molar-refractivity contribution in [1.29, 1.82) is 0 Å². The van der Waals surface area contributed by atoms with Crippen molar-refractivity contribution in [1.82, 2.24) is 5.32 Å². The Hall–Kier alpha value is -1.86. The number of nitrogens with one attached hydrogen (secondary N) is 1. The molecule has 1 aromatic carbocycles. The topological polar surface area (TPSA) is 73.9 Å². The van der Waals surface area contributed by atoms with Crippen LogP contribution < -0.4 is 10.1 Å². The first-order valence-electron chi connectivity index (χ1n) is 12.2. The second-order valence-electron chi connectivity index (χ2n) is 12.3. The van der Waals surface area contributed by atoms with Crippen LogP contribution in [0.3, 0.4) is 0 Å². The molecule has 0 aliphatic heterocycles. The lowest BCUT2D eigenvalue weighted by Gasteiger charge is -2.37. The number of aryl methyl sites for hydroxylation is 2. The number of hydrogen-bond acceptors (Lipinski definition) is 5. The second-order valence-corrected chi connectivity index (χ2v) is 17.1. The number of hydrogen-bond donors (Lipinski definition) is 1. The minimum absolute atomic E-state index is 0.0565.